The summed E-state index contributed by atoms with van der Waals surface area (Å²) in [6.45, 7) is 1.67. The van der Waals surface area contributed by atoms with Gasteiger partial charge in [-0.2, -0.15) is 0 Å². The molecule has 0 fully saturated rings. The molecule has 6 nitrogen and oxygen atoms in total. The van der Waals surface area contributed by atoms with Crippen LogP contribution < -0.4 is 14.8 Å². The molecule has 0 spiro atoms. The third kappa shape index (κ3) is 3.59. The van der Waals surface area contributed by atoms with Crippen molar-refractivity contribution in [1.29, 1.82) is 0 Å². The fraction of sp³-hybridized carbons (Fsp3) is 0.353. The summed E-state index contributed by atoms with van der Waals surface area (Å²) in [7, 11) is 3.68. The van der Waals surface area contributed by atoms with E-state index in [-0.39, 0.29) is 6.03 Å². The quantitative estimate of drug-likeness (QED) is 0.922. The molecule has 0 bridgehead atoms. The lowest BCUT2D eigenvalue weighted by molar-refractivity contribution is 0.220. The number of fused-ring (bicyclic) bond motifs is 1. The SMILES string of the molecule is CN(Cc1cccn1C)C(=O)Nc1cc2c(cc1Cl)OCCCO2. The number of anilines is 1. The topological polar surface area (TPSA) is 55.7 Å². The maximum absolute atomic E-state index is 12.4. The predicted molar refractivity (Wildman–Crippen MR) is 93.0 cm³/mol. The molecular formula is C17H20ClN3O3. The average molecular weight is 350 g/mol. The van der Waals surface area contributed by atoms with Gasteiger partial charge in [0.1, 0.15) is 0 Å². The first kappa shape index (κ1) is 16.5. The molecule has 1 aromatic carbocycles. The molecule has 0 atom stereocenters. The first-order valence-electron chi connectivity index (χ1n) is 7.76. The number of urea groups is 1. The lowest BCUT2D eigenvalue weighted by Crippen LogP contribution is -2.31. The number of benzene rings is 1. The number of hydrogen-bond acceptors (Lipinski definition) is 3. The Morgan fingerprint density at radius 1 is 1.33 bits per heavy atom. The van der Waals surface area contributed by atoms with E-state index in [2.05, 4.69) is 5.32 Å². The number of hydrogen-bond donors (Lipinski definition) is 1. The highest BCUT2D eigenvalue weighted by Gasteiger charge is 2.17. The molecule has 128 valence electrons. The van der Waals surface area contributed by atoms with Crippen LogP contribution in [-0.2, 0) is 13.6 Å². The number of rotatable bonds is 3. The Hall–Kier alpha value is -2.34. The first-order valence-corrected chi connectivity index (χ1v) is 8.14. The van der Waals surface area contributed by atoms with E-state index in [0.29, 0.717) is 42.0 Å². The number of nitrogens with zero attached hydrogens (tertiary/aromatic N) is 2. The number of aryl methyl sites for hydroxylation is 1. The molecule has 2 aromatic rings. The average Bonchev–Trinajstić information content (AvgIpc) is 2.81. The zero-order valence-corrected chi connectivity index (χ0v) is 14.5. The number of aromatic nitrogens is 1. The zero-order valence-electron chi connectivity index (χ0n) is 13.7. The summed E-state index contributed by atoms with van der Waals surface area (Å²) in [4.78, 5) is 14.0. The summed E-state index contributed by atoms with van der Waals surface area (Å²) in [6, 6.07) is 7.06. The van der Waals surface area contributed by atoms with Gasteiger partial charge in [0.15, 0.2) is 11.5 Å². The van der Waals surface area contributed by atoms with Gasteiger partial charge in [0.25, 0.3) is 0 Å². The van der Waals surface area contributed by atoms with Crippen molar-refractivity contribution in [2.24, 2.45) is 7.05 Å². The van der Waals surface area contributed by atoms with Crippen LogP contribution in [0.3, 0.4) is 0 Å². The van der Waals surface area contributed by atoms with Gasteiger partial charge in [-0.1, -0.05) is 11.6 Å². The minimum absolute atomic E-state index is 0.243. The Morgan fingerprint density at radius 2 is 2.04 bits per heavy atom. The van der Waals surface area contributed by atoms with Gasteiger partial charge >= 0.3 is 6.03 Å². The standard InChI is InChI=1S/C17H20ClN3O3/c1-20-6-3-5-12(20)11-21(2)17(22)19-14-10-16-15(9-13(14)18)23-7-4-8-24-16/h3,5-6,9-10H,4,7-8,11H2,1-2H3,(H,19,22). The Bertz CT molecular complexity index is 745. The molecule has 1 aliphatic rings. The molecule has 2 heterocycles. The van der Waals surface area contributed by atoms with Crippen LogP contribution in [0.2, 0.25) is 5.02 Å². The Kier molecular flexibility index (Phi) is 4.85. The predicted octanol–water partition coefficient (Wildman–Crippen LogP) is 3.50. The lowest BCUT2D eigenvalue weighted by atomic mass is 10.2. The van der Waals surface area contributed by atoms with E-state index in [1.54, 1.807) is 24.1 Å². The minimum Gasteiger partial charge on any atom is -0.490 e. The Morgan fingerprint density at radius 3 is 2.71 bits per heavy atom. The molecule has 0 unspecified atom stereocenters. The van der Waals surface area contributed by atoms with E-state index in [0.717, 1.165) is 12.1 Å². The molecule has 3 rings (SSSR count). The number of carbonyl (C=O) groups excluding carboxylic acids is 1. The van der Waals surface area contributed by atoms with Crippen LogP contribution in [0.5, 0.6) is 11.5 Å². The van der Waals surface area contributed by atoms with Crippen molar-refractivity contribution in [3.63, 3.8) is 0 Å². The second kappa shape index (κ2) is 7.05. The monoisotopic (exact) mass is 349 g/mol. The zero-order chi connectivity index (χ0) is 17.1. The molecule has 2 amide bonds. The Labute approximate surface area is 145 Å². The first-order chi connectivity index (χ1) is 11.5. The van der Waals surface area contributed by atoms with Gasteiger partial charge in [-0.25, -0.2) is 4.79 Å². The van der Waals surface area contributed by atoms with Crippen molar-refractivity contribution in [2.75, 3.05) is 25.6 Å². The van der Waals surface area contributed by atoms with Gasteiger partial charge in [0, 0.05) is 44.5 Å². The van der Waals surface area contributed by atoms with Gasteiger partial charge in [0.2, 0.25) is 0 Å². The van der Waals surface area contributed by atoms with Crippen LogP contribution in [0.15, 0.2) is 30.5 Å². The van der Waals surface area contributed by atoms with Crippen LogP contribution in [-0.4, -0.2) is 35.8 Å². The van der Waals surface area contributed by atoms with Gasteiger partial charge in [0.05, 0.1) is 30.5 Å². The van der Waals surface area contributed by atoms with Crippen molar-refractivity contribution in [3.8, 4) is 11.5 Å². The van der Waals surface area contributed by atoms with Gasteiger partial charge < -0.3 is 24.3 Å². The fourth-order valence-corrected chi connectivity index (χ4v) is 2.67. The maximum atomic E-state index is 12.4. The van der Waals surface area contributed by atoms with Crippen LogP contribution in [0.1, 0.15) is 12.1 Å². The maximum Gasteiger partial charge on any atom is 0.321 e. The van der Waals surface area contributed by atoms with E-state index in [4.69, 9.17) is 21.1 Å². The van der Waals surface area contributed by atoms with Gasteiger partial charge in [-0.05, 0) is 12.1 Å². The fourth-order valence-electron chi connectivity index (χ4n) is 2.47. The molecule has 0 aliphatic carbocycles. The summed E-state index contributed by atoms with van der Waals surface area (Å²) >= 11 is 6.26. The number of halogens is 1. The van der Waals surface area contributed by atoms with Gasteiger partial charge in [-0.15, -0.1) is 0 Å². The molecule has 24 heavy (non-hydrogen) atoms. The molecule has 1 aromatic heterocycles. The van der Waals surface area contributed by atoms with Crippen molar-refractivity contribution in [1.82, 2.24) is 9.47 Å². The van der Waals surface area contributed by atoms with Crippen LogP contribution in [0.4, 0.5) is 10.5 Å². The number of carbonyl (C=O) groups is 1. The highest BCUT2D eigenvalue weighted by molar-refractivity contribution is 6.34. The summed E-state index contributed by atoms with van der Waals surface area (Å²) in [5.74, 6) is 1.20. The van der Waals surface area contributed by atoms with Crippen molar-refractivity contribution in [2.45, 2.75) is 13.0 Å². The van der Waals surface area contributed by atoms with E-state index in [1.807, 2.05) is 29.9 Å². The summed E-state index contributed by atoms with van der Waals surface area (Å²) in [5.41, 5.74) is 1.54. The molecule has 1 N–H and O–H groups in total. The molecule has 1 aliphatic heterocycles. The summed E-state index contributed by atoms with van der Waals surface area (Å²) in [5, 5.41) is 3.24. The molecule has 0 radical (unpaired) electrons. The Balaban J connectivity index is 1.72. The van der Waals surface area contributed by atoms with Crippen molar-refractivity contribution < 1.29 is 14.3 Å². The third-order valence-electron chi connectivity index (χ3n) is 3.88. The lowest BCUT2D eigenvalue weighted by Gasteiger charge is -2.19. The molecular weight excluding hydrogens is 330 g/mol. The van der Waals surface area contributed by atoms with Crippen LogP contribution >= 0.6 is 11.6 Å². The second-order valence-electron chi connectivity index (χ2n) is 5.73. The molecule has 0 saturated heterocycles. The number of ether oxygens (including phenoxy) is 2. The highest BCUT2D eigenvalue weighted by Crippen LogP contribution is 2.37. The van der Waals surface area contributed by atoms with E-state index in [1.165, 1.54) is 0 Å². The smallest absolute Gasteiger partial charge is 0.321 e. The van der Waals surface area contributed by atoms with Crippen molar-refractivity contribution >= 4 is 23.3 Å². The van der Waals surface area contributed by atoms with Crippen molar-refractivity contribution in [3.05, 3.63) is 41.2 Å². The number of amides is 2. The minimum atomic E-state index is -0.243. The van der Waals surface area contributed by atoms with Crippen LogP contribution in [0, 0.1) is 0 Å². The molecule has 7 heteroatoms. The van der Waals surface area contributed by atoms with E-state index < -0.39 is 0 Å². The summed E-state index contributed by atoms with van der Waals surface area (Å²) in [6.07, 6.45) is 2.76. The molecule has 0 saturated carbocycles. The third-order valence-corrected chi connectivity index (χ3v) is 4.19. The normalized spacial score (nSPS) is 13.3. The summed E-state index contributed by atoms with van der Waals surface area (Å²) < 4.78 is 13.2. The number of nitrogens with one attached hydrogen (secondary N) is 1. The van der Waals surface area contributed by atoms with Gasteiger partial charge in [-0.3, -0.25) is 0 Å². The highest BCUT2D eigenvalue weighted by atomic mass is 35.5. The van der Waals surface area contributed by atoms with Crippen LogP contribution in [0.25, 0.3) is 0 Å². The largest absolute Gasteiger partial charge is 0.490 e. The van der Waals surface area contributed by atoms with E-state index >= 15 is 0 Å². The second-order valence-corrected chi connectivity index (χ2v) is 6.13. The van der Waals surface area contributed by atoms with E-state index in [9.17, 15) is 4.79 Å².